The standard InChI is InChI=1S/C16H19N3O2/c1-12-4-6-13(7-5-12)19-15(20)9-8-14(17-19)16(21)18-10-2-3-11-18/h4-7H,2-3,8-11H2,1H3. The Balaban J connectivity index is 1.85. The first-order chi connectivity index (χ1) is 10.1. The van der Waals surface area contributed by atoms with E-state index in [1.54, 1.807) is 0 Å². The highest BCUT2D eigenvalue weighted by Gasteiger charge is 2.29. The third-order valence-electron chi connectivity index (χ3n) is 3.95. The van der Waals surface area contributed by atoms with Crippen molar-refractivity contribution in [3.05, 3.63) is 29.8 Å². The molecule has 2 aliphatic heterocycles. The van der Waals surface area contributed by atoms with E-state index in [-0.39, 0.29) is 11.8 Å². The number of amides is 2. The quantitative estimate of drug-likeness (QED) is 0.835. The average molecular weight is 285 g/mol. The monoisotopic (exact) mass is 285 g/mol. The normalized spacial score (nSPS) is 18.9. The predicted molar refractivity (Wildman–Crippen MR) is 81.1 cm³/mol. The molecule has 2 amide bonds. The lowest BCUT2D eigenvalue weighted by molar-refractivity contribution is -0.123. The van der Waals surface area contributed by atoms with Crippen molar-refractivity contribution < 1.29 is 9.59 Å². The third kappa shape index (κ3) is 2.82. The second-order valence-corrected chi connectivity index (χ2v) is 5.59. The molecule has 0 aliphatic carbocycles. The first-order valence-electron chi connectivity index (χ1n) is 7.41. The van der Waals surface area contributed by atoms with Gasteiger partial charge in [0, 0.05) is 25.9 Å². The topological polar surface area (TPSA) is 53.0 Å². The van der Waals surface area contributed by atoms with Crippen LogP contribution in [0.25, 0.3) is 0 Å². The number of hydrazone groups is 1. The van der Waals surface area contributed by atoms with Gasteiger partial charge < -0.3 is 4.90 Å². The molecule has 1 aromatic carbocycles. The first kappa shape index (κ1) is 13.8. The molecule has 0 atom stereocenters. The van der Waals surface area contributed by atoms with Crippen LogP contribution in [0, 0.1) is 6.92 Å². The summed E-state index contributed by atoms with van der Waals surface area (Å²) < 4.78 is 0. The fourth-order valence-electron chi connectivity index (χ4n) is 2.70. The maximum atomic E-state index is 12.4. The molecule has 2 aliphatic rings. The zero-order valence-corrected chi connectivity index (χ0v) is 12.2. The van der Waals surface area contributed by atoms with E-state index in [9.17, 15) is 9.59 Å². The van der Waals surface area contributed by atoms with Crippen molar-refractivity contribution in [2.75, 3.05) is 18.1 Å². The lowest BCUT2D eigenvalue weighted by atomic mass is 10.1. The molecule has 1 aromatic rings. The maximum Gasteiger partial charge on any atom is 0.270 e. The van der Waals surface area contributed by atoms with Crippen LogP contribution in [0.5, 0.6) is 0 Å². The largest absolute Gasteiger partial charge is 0.338 e. The van der Waals surface area contributed by atoms with E-state index in [1.165, 1.54) is 5.01 Å². The molecule has 3 rings (SSSR count). The first-order valence-corrected chi connectivity index (χ1v) is 7.41. The molecule has 0 N–H and O–H groups in total. The Bertz CT molecular complexity index is 586. The fraction of sp³-hybridized carbons (Fsp3) is 0.438. The molecule has 1 fully saturated rings. The number of hydrogen-bond donors (Lipinski definition) is 0. The van der Waals surface area contributed by atoms with Crippen molar-refractivity contribution in [1.82, 2.24) is 4.90 Å². The SMILES string of the molecule is Cc1ccc(N2N=C(C(=O)N3CCCC3)CCC2=O)cc1. The molecule has 21 heavy (non-hydrogen) atoms. The number of hydrogen-bond acceptors (Lipinski definition) is 3. The summed E-state index contributed by atoms with van der Waals surface area (Å²) in [4.78, 5) is 26.3. The van der Waals surface area contributed by atoms with Crippen LogP contribution in [-0.2, 0) is 9.59 Å². The minimum atomic E-state index is -0.0585. The van der Waals surface area contributed by atoms with Crippen molar-refractivity contribution >= 4 is 23.2 Å². The summed E-state index contributed by atoms with van der Waals surface area (Å²) in [5.41, 5.74) is 2.34. The molecule has 0 bridgehead atoms. The van der Waals surface area contributed by atoms with Crippen molar-refractivity contribution in [1.29, 1.82) is 0 Å². The number of aryl methyl sites for hydroxylation is 1. The highest BCUT2D eigenvalue weighted by atomic mass is 16.2. The van der Waals surface area contributed by atoms with E-state index in [0.717, 1.165) is 37.2 Å². The van der Waals surface area contributed by atoms with Crippen LogP contribution >= 0.6 is 0 Å². The van der Waals surface area contributed by atoms with Gasteiger partial charge in [0.05, 0.1) is 5.69 Å². The van der Waals surface area contributed by atoms with Crippen LogP contribution in [0.15, 0.2) is 29.4 Å². The van der Waals surface area contributed by atoms with Crippen LogP contribution in [0.4, 0.5) is 5.69 Å². The molecule has 0 saturated carbocycles. The summed E-state index contributed by atoms with van der Waals surface area (Å²) in [6, 6.07) is 7.60. The molecule has 0 radical (unpaired) electrons. The molecule has 5 heteroatoms. The van der Waals surface area contributed by atoms with Gasteiger partial charge in [0.25, 0.3) is 5.91 Å². The highest BCUT2D eigenvalue weighted by Crippen LogP contribution is 2.21. The Hall–Kier alpha value is -2.17. The van der Waals surface area contributed by atoms with E-state index in [1.807, 2.05) is 36.1 Å². The molecule has 110 valence electrons. The van der Waals surface area contributed by atoms with Gasteiger partial charge in [-0.15, -0.1) is 0 Å². The van der Waals surface area contributed by atoms with Gasteiger partial charge in [0.1, 0.15) is 5.71 Å². The number of likely N-dealkylation sites (tertiary alicyclic amines) is 1. The van der Waals surface area contributed by atoms with Crippen molar-refractivity contribution in [3.63, 3.8) is 0 Å². The van der Waals surface area contributed by atoms with Gasteiger partial charge in [-0.3, -0.25) is 9.59 Å². The predicted octanol–water partition coefficient (Wildman–Crippen LogP) is 2.10. The third-order valence-corrected chi connectivity index (χ3v) is 3.95. The minimum absolute atomic E-state index is 0.0166. The number of nitrogens with zero attached hydrogens (tertiary/aromatic N) is 3. The summed E-state index contributed by atoms with van der Waals surface area (Å²) in [5.74, 6) is -0.0751. The molecule has 2 heterocycles. The van der Waals surface area contributed by atoms with Gasteiger partial charge in [0.15, 0.2) is 0 Å². The number of rotatable bonds is 2. The molecular formula is C16H19N3O2. The zero-order chi connectivity index (χ0) is 14.8. The van der Waals surface area contributed by atoms with E-state index in [2.05, 4.69) is 5.10 Å². The highest BCUT2D eigenvalue weighted by molar-refractivity contribution is 6.40. The molecule has 0 unspecified atom stereocenters. The van der Waals surface area contributed by atoms with Crippen LogP contribution in [0.1, 0.15) is 31.2 Å². The van der Waals surface area contributed by atoms with Gasteiger partial charge in [-0.05, 0) is 31.9 Å². The van der Waals surface area contributed by atoms with Gasteiger partial charge in [-0.2, -0.15) is 5.10 Å². The van der Waals surface area contributed by atoms with Crippen LogP contribution in [-0.4, -0.2) is 35.5 Å². The molecule has 1 saturated heterocycles. The van der Waals surface area contributed by atoms with E-state index < -0.39 is 0 Å². The summed E-state index contributed by atoms with van der Waals surface area (Å²) in [6.45, 7) is 3.60. The number of carbonyl (C=O) groups excluding carboxylic acids is 2. The Labute approximate surface area is 124 Å². The van der Waals surface area contributed by atoms with Crippen molar-refractivity contribution in [2.45, 2.75) is 32.6 Å². The Morgan fingerprint density at radius 1 is 1.10 bits per heavy atom. The molecular weight excluding hydrogens is 266 g/mol. The molecule has 5 nitrogen and oxygen atoms in total. The van der Waals surface area contributed by atoms with E-state index in [4.69, 9.17) is 0 Å². The lowest BCUT2D eigenvalue weighted by Crippen LogP contribution is -2.40. The van der Waals surface area contributed by atoms with Crippen molar-refractivity contribution in [2.24, 2.45) is 5.10 Å². The summed E-state index contributed by atoms with van der Waals surface area (Å²) in [6.07, 6.45) is 2.89. The van der Waals surface area contributed by atoms with Gasteiger partial charge in [-0.25, -0.2) is 5.01 Å². The van der Waals surface area contributed by atoms with Gasteiger partial charge in [-0.1, -0.05) is 17.7 Å². The van der Waals surface area contributed by atoms with Crippen LogP contribution in [0.2, 0.25) is 0 Å². The molecule has 0 aromatic heterocycles. The Morgan fingerprint density at radius 3 is 2.43 bits per heavy atom. The summed E-state index contributed by atoms with van der Waals surface area (Å²) in [7, 11) is 0. The summed E-state index contributed by atoms with van der Waals surface area (Å²) in [5, 5.41) is 5.68. The molecule has 0 spiro atoms. The number of carbonyl (C=O) groups is 2. The van der Waals surface area contributed by atoms with Crippen LogP contribution in [0.3, 0.4) is 0 Å². The minimum Gasteiger partial charge on any atom is -0.338 e. The van der Waals surface area contributed by atoms with Crippen molar-refractivity contribution in [3.8, 4) is 0 Å². The lowest BCUT2D eigenvalue weighted by Gasteiger charge is -2.25. The van der Waals surface area contributed by atoms with Gasteiger partial charge in [0.2, 0.25) is 5.91 Å². The zero-order valence-electron chi connectivity index (χ0n) is 12.2. The Kier molecular flexibility index (Phi) is 3.73. The average Bonchev–Trinajstić information content (AvgIpc) is 3.02. The van der Waals surface area contributed by atoms with E-state index >= 15 is 0 Å². The number of anilines is 1. The second kappa shape index (κ2) is 5.68. The summed E-state index contributed by atoms with van der Waals surface area (Å²) >= 11 is 0. The maximum absolute atomic E-state index is 12.4. The smallest absolute Gasteiger partial charge is 0.270 e. The number of benzene rings is 1. The fourth-order valence-corrected chi connectivity index (χ4v) is 2.70. The van der Waals surface area contributed by atoms with E-state index in [0.29, 0.717) is 18.6 Å². The second-order valence-electron chi connectivity index (χ2n) is 5.59. The van der Waals surface area contributed by atoms with Gasteiger partial charge >= 0.3 is 0 Å². The Morgan fingerprint density at radius 2 is 1.76 bits per heavy atom. The van der Waals surface area contributed by atoms with Crippen LogP contribution < -0.4 is 5.01 Å².